The van der Waals surface area contributed by atoms with E-state index >= 15 is 0 Å². The van der Waals surface area contributed by atoms with Crippen molar-refractivity contribution in [2.24, 2.45) is 0 Å². The van der Waals surface area contributed by atoms with Crippen LogP contribution in [0.2, 0.25) is 0 Å². The van der Waals surface area contributed by atoms with Crippen LogP contribution in [0.4, 0.5) is 5.69 Å². The molecule has 1 fully saturated rings. The molecule has 2 N–H and O–H groups in total. The molecule has 1 aromatic heterocycles. The summed E-state index contributed by atoms with van der Waals surface area (Å²) in [5, 5.41) is 4.26. The highest BCUT2D eigenvalue weighted by molar-refractivity contribution is 7.89. The van der Waals surface area contributed by atoms with Crippen LogP contribution in [0.15, 0.2) is 47.4 Å². The average Bonchev–Trinajstić information content (AvgIpc) is 2.96. The number of rotatable bonds is 7. The van der Waals surface area contributed by atoms with Crippen molar-refractivity contribution in [1.29, 1.82) is 0 Å². The van der Waals surface area contributed by atoms with E-state index in [1.807, 2.05) is 31.2 Å². The number of sulfonamides is 1. The summed E-state index contributed by atoms with van der Waals surface area (Å²) in [6.07, 6.45) is 3.93. The summed E-state index contributed by atoms with van der Waals surface area (Å²) >= 11 is 0. The maximum absolute atomic E-state index is 13.2. The van der Waals surface area contributed by atoms with Crippen LogP contribution < -0.4 is 5.32 Å². The van der Waals surface area contributed by atoms with Crippen molar-refractivity contribution in [2.45, 2.75) is 51.0 Å². The molecule has 0 atom stereocenters. The molecule has 0 amide bonds. The number of esters is 1. The molecule has 1 saturated heterocycles. The van der Waals surface area contributed by atoms with Crippen molar-refractivity contribution in [1.82, 2.24) is 9.29 Å². The Balaban J connectivity index is 1.60. The molecule has 0 bridgehead atoms. The Kier molecular flexibility index (Phi) is 7.05. The van der Waals surface area contributed by atoms with Gasteiger partial charge < -0.3 is 15.0 Å². The summed E-state index contributed by atoms with van der Waals surface area (Å²) in [6.45, 7) is 5.56. The SMILES string of the molecule is CCOC(=O)c1[nH]c2ccc(C)cc2c1CNc1cccc(S(=O)(=O)N2CCCCCC2)c1. The lowest BCUT2D eigenvalue weighted by Crippen LogP contribution is -2.31. The van der Waals surface area contributed by atoms with E-state index in [-0.39, 0.29) is 11.5 Å². The van der Waals surface area contributed by atoms with Crippen LogP contribution in [0.5, 0.6) is 0 Å². The molecule has 0 radical (unpaired) electrons. The number of anilines is 1. The number of aromatic amines is 1. The minimum absolute atomic E-state index is 0.287. The number of ether oxygens (including phenoxy) is 1. The van der Waals surface area contributed by atoms with Crippen LogP contribution in [-0.2, 0) is 21.3 Å². The van der Waals surface area contributed by atoms with Crippen molar-refractivity contribution >= 4 is 32.6 Å². The van der Waals surface area contributed by atoms with Gasteiger partial charge in [-0.15, -0.1) is 0 Å². The molecule has 0 saturated carbocycles. The summed E-state index contributed by atoms with van der Waals surface area (Å²) in [6, 6.07) is 12.9. The molecule has 2 aromatic carbocycles. The Morgan fingerprint density at radius 2 is 1.85 bits per heavy atom. The molecule has 176 valence electrons. The van der Waals surface area contributed by atoms with Crippen LogP contribution in [0.1, 0.15) is 54.2 Å². The first kappa shape index (κ1) is 23.3. The van der Waals surface area contributed by atoms with Gasteiger partial charge in [-0.25, -0.2) is 13.2 Å². The standard InChI is InChI=1S/C25H31N3O4S/c1-3-32-25(29)24-22(21-15-18(2)11-12-23(21)27-24)17-26-19-9-8-10-20(16-19)33(30,31)28-13-6-4-5-7-14-28/h8-12,15-16,26-27H,3-7,13-14,17H2,1-2H3. The number of carbonyl (C=O) groups excluding carboxylic acids is 1. The van der Waals surface area contributed by atoms with E-state index in [4.69, 9.17) is 4.74 Å². The third-order valence-corrected chi connectivity index (χ3v) is 7.94. The van der Waals surface area contributed by atoms with Crippen LogP contribution in [0.3, 0.4) is 0 Å². The van der Waals surface area contributed by atoms with Crippen LogP contribution in [0.25, 0.3) is 10.9 Å². The second-order valence-electron chi connectivity index (χ2n) is 8.45. The first-order valence-corrected chi connectivity index (χ1v) is 13.0. The van der Waals surface area contributed by atoms with Gasteiger partial charge in [0.25, 0.3) is 0 Å². The molecule has 2 heterocycles. The molecule has 0 spiro atoms. The zero-order chi connectivity index (χ0) is 23.4. The number of benzene rings is 2. The van der Waals surface area contributed by atoms with Gasteiger partial charge in [0.2, 0.25) is 10.0 Å². The van der Waals surface area contributed by atoms with Gasteiger partial charge >= 0.3 is 5.97 Å². The summed E-state index contributed by atoms with van der Waals surface area (Å²) in [7, 11) is -3.54. The van der Waals surface area contributed by atoms with Crippen LogP contribution in [-0.4, -0.2) is 43.4 Å². The number of nitrogens with one attached hydrogen (secondary N) is 2. The number of hydrogen-bond acceptors (Lipinski definition) is 5. The molecule has 4 rings (SSSR count). The summed E-state index contributed by atoms with van der Waals surface area (Å²) in [4.78, 5) is 16.0. The predicted molar refractivity (Wildman–Crippen MR) is 130 cm³/mol. The summed E-state index contributed by atoms with van der Waals surface area (Å²) in [5.74, 6) is -0.402. The van der Waals surface area contributed by atoms with Gasteiger partial charge in [0.05, 0.1) is 11.5 Å². The van der Waals surface area contributed by atoms with E-state index in [1.165, 1.54) is 0 Å². The van der Waals surface area contributed by atoms with E-state index in [1.54, 1.807) is 29.4 Å². The smallest absolute Gasteiger partial charge is 0.355 e. The Bertz CT molecular complexity index is 1240. The summed E-state index contributed by atoms with van der Waals surface area (Å²) in [5.41, 5.74) is 3.84. The van der Waals surface area contributed by atoms with E-state index in [0.29, 0.717) is 31.0 Å². The zero-order valence-corrected chi connectivity index (χ0v) is 20.0. The molecule has 0 unspecified atom stereocenters. The maximum Gasteiger partial charge on any atom is 0.355 e. The molecule has 0 aliphatic carbocycles. The molecule has 3 aromatic rings. The van der Waals surface area contributed by atoms with Crippen molar-refractivity contribution in [3.05, 3.63) is 59.3 Å². The highest BCUT2D eigenvalue weighted by Crippen LogP contribution is 2.27. The number of hydrogen-bond donors (Lipinski definition) is 2. The number of aromatic nitrogens is 1. The molecule has 8 heteroatoms. The summed E-state index contributed by atoms with van der Waals surface area (Å²) < 4.78 is 33.2. The minimum Gasteiger partial charge on any atom is -0.461 e. The van der Waals surface area contributed by atoms with Crippen molar-refractivity contribution in [3.8, 4) is 0 Å². The van der Waals surface area contributed by atoms with E-state index in [0.717, 1.165) is 47.7 Å². The number of nitrogens with zero attached hydrogens (tertiary/aromatic N) is 1. The van der Waals surface area contributed by atoms with Crippen molar-refractivity contribution < 1.29 is 17.9 Å². The predicted octanol–water partition coefficient (Wildman–Crippen LogP) is 4.83. The molecular formula is C25H31N3O4S. The Labute approximate surface area is 195 Å². The first-order valence-electron chi connectivity index (χ1n) is 11.5. The number of H-pyrrole nitrogens is 1. The third kappa shape index (κ3) is 5.07. The van der Waals surface area contributed by atoms with Gasteiger partial charge in [-0.2, -0.15) is 4.31 Å². The average molecular weight is 470 g/mol. The monoisotopic (exact) mass is 469 g/mol. The van der Waals surface area contributed by atoms with E-state index < -0.39 is 16.0 Å². The van der Waals surface area contributed by atoms with Gasteiger partial charge in [0, 0.05) is 41.8 Å². The van der Waals surface area contributed by atoms with Crippen LogP contribution in [0, 0.1) is 6.92 Å². The fraction of sp³-hybridized carbons (Fsp3) is 0.400. The second kappa shape index (κ2) is 9.97. The number of carbonyl (C=O) groups is 1. The second-order valence-corrected chi connectivity index (χ2v) is 10.4. The van der Waals surface area contributed by atoms with Crippen LogP contribution >= 0.6 is 0 Å². The molecule has 1 aliphatic heterocycles. The fourth-order valence-electron chi connectivity index (χ4n) is 4.31. The van der Waals surface area contributed by atoms with Gasteiger partial charge in [-0.05, 0) is 57.0 Å². The molecule has 33 heavy (non-hydrogen) atoms. The number of aryl methyl sites for hydroxylation is 1. The maximum atomic E-state index is 13.2. The van der Waals surface area contributed by atoms with Gasteiger partial charge in [0.15, 0.2) is 0 Å². The highest BCUT2D eigenvalue weighted by atomic mass is 32.2. The lowest BCUT2D eigenvalue weighted by Gasteiger charge is -2.20. The Morgan fingerprint density at radius 3 is 2.58 bits per heavy atom. The molecular weight excluding hydrogens is 438 g/mol. The van der Waals surface area contributed by atoms with Crippen molar-refractivity contribution in [2.75, 3.05) is 25.0 Å². The van der Waals surface area contributed by atoms with Gasteiger partial charge in [-0.1, -0.05) is 30.5 Å². The lowest BCUT2D eigenvalue weighted by molar-refractivity contribution is 0.0519. The fourth-order valence-corrected chi connectivity index (χ4v) is 5.87. The molecule has 1 aliphatic rings. The largest absolute Gasteiger partial charge is 0.461 e. The van der Waals surface area contributed by atoms with Gasteiger partial charge in [-0.3, -0.25) is 0 Å². The van der Waals surface area contributed by atoms with E-state index in [9.17, 15) is 13.2 Å². The van der Waals surface area contributed by atoms with Gasteiger partial charge in [0.1, 0.15) is 5.69 Å². The first-order chi connectivity index (χ1) is 15.9. The zero-order valence-electron chi connectivity index (χ0n) is 19.2. The molecule has 7 nitrogen and oxygen atoms in total. The Hall–Kier alpha value is -2.84. The quantitative estimate of drug-likeness (QED) is 0.484. The van der Waals surface area contributed by atoms with Crippen molar-refractivity contribution in [3.63, 3.8) is 0 Å². The lowest BCUT2D eigenvalue weighted by atomic mass is 10.1. The third-order valence-electron chi connectivity index (χ3n) is 6.05. The Morgan fingerprint density at radius 1 is 1.09 bits per heavy atom. The minimum atomic E-state index is -3.54. The van der Waals surface area contributed by atoms with E-state index in [2.05, 4.69) is 10.3 Å². The normalized spacial score (nSPS) is 15.3. The number of fused-ring (bicyclic) bond motifs is 1. The topological polar surface area (TPSA) is 91.5 Å². The highest BCUT2D eigenvalue weighted by Gasteiger charge is 2.25.